The SMILES string of the molecule is FC(F)(F)C(F)(F)C(F)(F)C(F)(F)C(F)(F)C(F)(F)C(F)(F)COc1ccc(P(c2ccc(OCC(F)(F)C(F)(F)C(F)(F)C(F)(F)C(F)(F)C(F)(F)C(F)(F)F)cc2)c2ccc3ccccc3c2-c2c(P(c3ccc(OCC(F)(F)C(F)(F)C(F)(F)C(F)(F)C(F)(F)C(F)(F)C(F)(F)F)cc3)c3ccc(OCC(F)(F)C(F)(F)C(F)(F)C(F)(F)C(F)(F)C(F)(F)C(F)(F)F)cc3)ccc3ccccc23)cc1. The lowest BCUT2D eigenvalue weighted by atomic mass is 9.91. The number of ether oxygens (including phenoxy) is 4. The second kappa shape index (κ2) is 36.1. The van der Waals surface area contributed by atoms with Crippen molar-refractivity contribution in [3.63, 3.8) is 0 Å². The fraction of sp³-hybridized carbons (Fsp3) is 0.421. The van der Waals surface area contributed by atoms with Gasteiger partial charge in [0.2, 0.25) is 0 Å². The van der Waals surface area contributed by atoms with Crippen LogP contribution in [0.3, 0.4) is 0 Å². The van der Waals surface area contributed by atoms with Crippen LogP contribution in [0.5, 0.6) is 23.0 Å². The quantitative estimate of drug-likeness (QED) is 0.0284. The Balaban J connectivity index is 1.37. The minimum Gasteiger partial charge on any atom is -0.487 e. The van der Waals surface area contributed by atoms with Gasteiger partial charge in [-0.2, -0.15) is 263 Å². The minimum atomic E-state index is -8.89. The first-order valence-electron chi connectivity index (χ1n) is 36.1. The summed E-state index contributed by atoms with van der Waals surface area (Å²) in [4.78, 5) is 0. The molecule has 8 aromatic carbocycles. The Bertz CT molecular complexity index is 5180. The Morgan fingerprint density at radius 2 is 0.303 bits per heavy atom. The van der Waals surface area contributed by atoms with E-state index in [2.05, 4.69) is 18.9 Å². The molecule has 0 heterocycles. The van der Waals surface area contributed by atoms with Gasteiger partial charge in [0, 0.05) is 0 Å². The van der Waals surface area contributed by atoms with Gasteiger partial charge >= 0.3 is 167 Å². The van der Waals surface area contributed by atoms with Gasteiger partial charge in [0.1, 0.15) is 23.0 Å². The lowest BCUT2D eigenvalue weighted by Gasteiger charge is -2.41. The van der Waals surface area contributed by atoms with Crippen LogP contribution in [0, 0.1) is 0 Å². The Kier molecular flexibility index (Phi) is 29.8. The molecular formula is C76H36F60O4P2. The molecule has 0 unspecified atom stereocenters. The maximum Gasteiger partial charge on any atom is 0.460 e. The number of alkyl halides is 60. The molecule has 0 N–H and O–H groups in total. The van der Waals surface area contributed by atoms with Crippen molar-refractivity contribution in [1.82, 2.24) is 0 Å². The summed E-state index contributed by atoms with van der Waals surface area (Å²) in [5.74, 6) is -208. The molecule has 0 fully saturated rings. The summed E-state index contributed by atoms with van der Waals surface area (Å²) in [5.41, 5.74) is -1.06. The van der Waals surface area contributed by atoms with Gasteiger partial charge in [-0.3, -0.25) is 0 Å². The van der Waals surface area contributed by atoms with Gasteiger partial charge in [-0.15, -0.1) is 0 Å². The Hall–Kier alpha value is -9.86. The number of benzene rings is 8. The molecule has 8 aromatic rings. The zero-order chi connectivity index (χ0) is 110. The summed E-state index contributed by atoms with van der Waals surface area (Å²) in [5, 5.41) is -4.87. The first kappa shape index (κ1) is 117. The number of halogens is 60. The van der Waals surface area contributed by atoms with Crippen molar-refractivity contribution in [3.8, 4) is 34.1 Å². The van der Waals surface area contributed by atoms with E-state index in [0.717, 1.165) is 72.8 Å². The van der Waals surface area contributed by atoms with Crippen LogP contribution in [-0.4, -0.2) is 193 Å². The van der Waals surface area contributed by atoms with Gasteiger partial charge in [0.15, 0.2) is 26.4 Å². The van der Waals surface area contributed by atoms with E-state index in [9.17, 15) is 193 Å². The summed E-state index contributed by atoms with van der Waals surface area (Å²) < 4.78 is 870. The van der Waals surface area contributed by atoms with Crippen LogP contribution in [-0.2, 0) is 0 Å². The van der Waals surface area contributed by atoms with Crippen LogP contribution in [0.1, 0.15) is 0 Å². The number of hydrogen-bond donors (Lipinski definition) is 0. The fourth-order valence-electron chi connectivity index (χ4n) is 12.1. The molecule has 0 aromatic heterocycles. The molecule has 0 aliphatic rings. The summed E-state index contributed by atoms with van der Waals surface area (Å²) in [6.07, 6.45) is -32.4. The molecule has 794 valence electrons. The van der Waals surface area contributed by atoms with E-state index >= 15 is 70.2 Å². The number of rotatable bonds is 39. The van der Waals surface area contributed by atoms with Gasteiger partial charge in [-0.25, -0.2) is 0 Å². The van der Waals surface area contributed by atoms with E-state index < -0.39 is 275 Å². The lowest BCUT2D eigenvalue weighted by Crippen LogP contribution is -2.73. The molecule has 0 radical (unpaired) electrons. The van der Waals surface area contributed by atoms with Crippen LogP contribution in [0.15, 0.2) is 170 Å². The average Bonchev–Trinajstić information content (AvgIpc) is 0.707. The number of fused-ring (bicyclic) bond motifs is 2. The highest BCUT2D eigenvalue weighted by atomic mass is 31.1. The molecule has 66 heteroatoms. The van der Waals surface area contributed by atoms with Crippen LogP contribution >= 0.6 is 15.8 Å². The Morgan fingerprint density at radius 1 is 0.155 bits per heavy atom. The highest BCUT2D eigenvalue weighted by Gasteiger charge is 2.98. The van der Waals surface area contributed by atoms with E-state index in [0.29, 0.717) is 48.5 Å². The number of hydrogen-bond acceptors (Lipinski definition) is 4. The van der Waals surface area contributed by atoms with Crippen molar-refractivity contribution in [2.75, 3.05) is 26.4 Å². The van der Waals surface area contributed by atoms with E-state index in [1.165, 1.54) is 0 Å². The largest absolute Gasteiger partial charge is 0.487 e. The second-order valence-corrected chi connectivity index (χ2v) is 33.8. The van der Waals surface area contributed by atoms with Crippen molar-refractivity contribution in [2.45, 2.75) is 167 Å². The second-order valence-electron chi connectivity index (χ2n) is 29.5. The molecule has 0 saturated heterocycles. The van der Waals surface area contributed by atoms with Crippen molar-refractivity contribution < 1.29 is 282 Å². The molecule has 0 atom stereocenters. The van der Waals surface area contributed by atoms with Gasteiger partial charge in [-0.05, 0) is 129 Å². The van der Waals surface area contributed by atoms with Crippen molar-refractivity contribution in [1.29, 1.82) is 0 Å². The molecule has 4 nitrogen and oxygen atoms in total. The van der Waals surface area contributed by atoms with E-state index in [1.807, 2.05) is 0 Å². The monoisotopic (exact) mass is 2210 g/mol. The molecule has 0 aliphatic heterocycles. The van der Waals surface area contributed by atoms with Crippen LogP contribution < -0.4 is 50.8 Å². The molecule has 0 aliphatic carbocycles. The van der Waals surface area contributed by atoms with Crippen LogP contribution in [0.25, 0.3) is 32.7 Å². The first-order valence-corrected chi connectivity index (χ1v) is 38.8. The van der Waals surface area contributed by atoms with Crippen molar-refractivity contribution in [3.05, 3.63) is 170 Å². The van der Waals surface area contributed by atoms with Crippen LogP contribution in [0.4, 0.5) is 263 Å². The van der Waals surface area contributed by atoms with E-state index in [1.54, 1.807) is 0 Å². The summed E-state index contributed by atoms with van der Waals surface area (Å²) >= 11 is 0. The maximum atomic E-state index is 15.3. The summed E-state index contributed by atoms with van der Waals surface area (Å²) in [6, 6.07) is 17.1. The third kappa shape index (κ3) is 18.1. The van der Waals surface area contributed by atoms with Gasteiger partial charge in [-0.1, -0.05) is 121 Å². The predicted molar refractivity (Wildman–Crippen MR) is 369 cm³/mol. The van der Waals surface area contributed by atoms with Crippen molar-refractivity contribution >= 4 is 69.2 Å². The molecule has 0 amide bonds. The fourth-order valence-corrected chi connectivity index (χ4v) is 17.0. The van der Waals surface area contributed by atoms with Gasteiger partial charge in [0.05, 0.1) is 0 Å². The van der Waals surface area contributed by atoms with Crippen molar-refractivity contribution in [2.24, 2.45) is 0 Å². The maximum absolute atomic E-state index is 15.3. The standard InChI is InChI=1S/C76H36F60O4P2/c77-49(78,53(85,86)57(93,94)61(101,102)65(109,110)69(117,118)73(125,126)127)29-137-35-11-19-39(20-12-35)141(40-21-13-36(14-22-40)138-30-50(79,80)54(87,88)58(95,96)62(103,104)66(111,112)70(119,120)74(128,129)130)45-27-9-33-5-1-3-7-43(33)47(45)48-44-8-4-2-6-34(44)10-28-46(48)142(41-23-15-37(16-24-41)139-31-51(81,82)55(89,90)59(97,98)63(105,106)67(113,114)71(121,122)75(131,132)133)42-25-17-38(18-26-42)140-32-52(83,84)56(91,92)60(99,100)64(107,108)68(115,116)72(123,124)76(134,135)136/h1-28H,29-32H2. The molecule has 142 heavy (non-hydrogen) atoms. The van der Waals surface area contributed by atoms with Gasteiger partial charge < -0.3 is 18.9 Å². The topological polar surface area (TPSA) is 36.9 Å². The van der Waals surface area contributed by atoms with E-state index in [4.69, 9.17) is 0 Å². The highest BCUT2D eigenvalue weighted by Crippen LogP contribution is 2.69. The highest BCUT2D eigenvalue weighted by molar-refractivity contribution is 7.81. The molecule has 0 saturated carbocycles. The third-order valence-corrected chi connectivity index (χ3v) is 25.1. The average molecular weight is 2210 g/mol. The summed E-state index contributed by atoms with van der Waals surface area (Å²) in [6.45, 7) is -14.5. The molecule has 0 bridgehead atoms. The normalized spacial score (nSPS) is 15.3. The lowest BCUT2D eigenvalue weighted by molar-refractivity contribution is -0.453. The Morgan fingerprint density at radius 3 is 0.465 bits per heavy atom. The molecule has 0 spiro atoms. The smallest absolute Gasteiger partial charge is 0.460 e. The zero-order valence-corrected chi connectivity index (χ0v) is 68.0. The Labute approximate surface area is 747 Å². The van der Waals surface area contributed by atoms with Gasteiger partial charge in [0.25, 0.3) is 0 Å². The zero-order valence-electron chi connectivity index (χ0n) is 66.2. The van der Waals surface area contributed by atoms with Crippen LogP contribution in [0.2, 0.25) is 0 Å². The first-order chi connectivity index (χ1) is 63.2. The molecule has 8 rings (SSSR count). The minimum absolute atomic E-state index is 0.148. The predicted octanol–water partition coefficient (Wildman–Crippen LogP) is 28.2. The molecular weight excluding hydrogens is 2180 g/mol. The van der Waals surface area contributed by atoms with E-state index in [-0.39, 0.29) is 70.1 Å². The summed E-state index contributed by atoms with van der Waals surface area (Å²) in [7, 11) is -6.63. The third-order valence-electron chi connectivity index (χ3n) is 20.2.